The van der Waals surface area contributed by atoms with Gasteiger partial charge in [0.15, 0.2) is 11.6 Å². The largest absolute Gasteiger partial charge is 0.494 e. The summed E-state index contributed by atoms with van der Waals surface area (Å²) in [4.78, 5) is 21.6. The Balaban J connectivity index is 0.000000385. The molecule has 0 bridgehead atoms. The molecule has 0 aromatic heterocycles. The van der Waals surface area contributed by atoms with Gasteiger partial charge in [-0.15, -0.1) is 0 Å². The number of nitrogens with two attached hydrogens (primary N) is 1. The molecule has 1 rings (SSSR count). The second-order valence-electron chi connectivity index (χ2n) is 2.48. The van der Waals surface area contributed by atoms with Crippen molar-refractivity contribution in [2.75, 3.05) is 12.5 Å². The summed E-state index contributed by atoms with van der Waals surface area (Å²) >= 11 is 0. The van der Waals surface area contributed by atoms with E-state index in [0.29, 0.717) is 0 Å². The fourth-order valence-electron chi connectivity index (χ4n) is 0.780. The fraction of sp³-hybridized carbons (Fsp3) is 0.143. The molecule has 0 fully saturated rings. The topological polar surface area (TPSA) is 125 Å². The number of ether oxygens (including phenoxy) is 1. The van der Waals surface area contributed by atoms with Crippen LogP contribution in [0.5, 0.6) is 5.75 Å². The van der Waals surface area contributed by atoms with Crippen molar-refractivity contribution in [3.05, 3.63) is 24.0 Å². The van der Waals surface area contributed by atoms with Crippen molar-refractivity contribution in [3.8, 4) is 5.75 Å². The maximum atomic E-state index is 13.0. The molecule has 0 saturated carbocycles. The van der Waals surface area contributed by atoms with Crippen LogP contribution < -0.4 is 16.0 Å². The molecule has 0 atom stereocenters. The van der Waals surface area contributed by atoms with Gasteiger partial charge in [-0.25, -0.2) is 8.96 Å². The summed E-state index contributed by atoms with van der Waals surface area (Å²) in [6, 6.07) is 4.70. The van der Waals surface area contributed by atoms with E-state index in [9.17, 15) is 4.39 Å². The molecule has 1 aromatic carbocycles. The van der Waals surface area contributed by atoms with Crippen LogP contribution in [0.3, 0.4) is 0 Å². The standard InChI is InChI=1S/C7H9FN2O.H3O4P/c1-11-6-4-2-3-5(10-9)7(6)8;1-5(2,3)4/h2-4,10H,9H2,1H3;(H3,1,2,3,4). The van der Waals surface area contributed by atoms with Crippen molar-refractivity contribution in [2.45, 2.75) is 0 Å². The summed E-state index contributed by atoms with van der Waals surface area (Å²) in [5.74, 6) is 4.74. The van der Waals surface area contributed by atoms with Crippen molar-refractivity contribution < 1.29 is 28.4 Å². The lowest BCUT2D eigenvalue weighted by Gasteiger charge is -2.05. The summed E-state index contributed by atoms with van der Waals surface area (Å²) in [6.07, 6.45) is 0. The van der Waals surface area contributed by atoms with Gasteiger partial charge < -0.3 is 24.8 Å². The highest BCUT2D eigenvalue weighted by Crippen LogP contribution is 2.25. The second-order valence-corrected chi connectivity index (χ2v) is 3.51. The highest BCUT2D eigenvalue weighted by molar-refractivity contribution is 7.45. The second kappa shape index (κ2) is 6.41. The molecule has 0 aliphatic heterocycles. The average molecular weight is 254 g/mol. The smallest absolute Gasteiger partial charge is 0.466 e. The summed E-state index contributed by atoms with van der Waals surface area (Å²) in [7, 11) is -3.24. The van der Waals surface area contributed by atoms with E-state index >= 15 is 0 Å². The molecule has 0 aliphatic carbocycles. The van der Waals surface area contributed by atoms with E-state index in [1.807, 2.05) is 0 Å². The first-order valence-electron chi connectivity index (χ1n) is 3.87. The lowest BCUT2D eigenvalue weighted by molar-refractivity contribution is 0.275. The van der Waals surface area contributed by atoms with Gasteiger partial charge in [-0.05, 0) is 12.1 Å². The van der Waals surface area contributed by atoms with Crippen LogP contribution in [-0.2, 0) is 4.57 Å². The maximum absolute atomic E-state index is 13.0. The van der Waals surface area contributed by atoms with Gasteiger partial charge in [0.25, 0.3) is 0 Å². The first-order chi connectivity index (χ1) is 7.29. The van der Waals surface area contributed by atoms with Gasteiger partial charge in [-0.3, -0.25) is 5.84 Å². The minimum atomic E-state index is -4.64. The molecule has 0 heterocycles. The molecule has 7 nitrogen and oxygen atoms in total. The van der Waals surface area contributed by atoms with Gasteiger partial charge in [-0.2, -0.15) is 0 Å². The van der Waals surface area contributed by atoms with E-state index in [4.69, 9.17) is 29.8 Å². The molecule has 0 unspecified atom stereocenters. The molecule has 6 N–H and O–H groups in total. The van der Waals surface area contributed by atoms with Crippen LogP contribution in [0.4, 0.5) is 10.1 Å². The number of rotatable bonds is 2. The van der Waals surface area contributed by atoms with Crippen LogP contribution in [-0.4, -0.2) is 21.8 Å². The van der Waals surface area contributed by atoms with Crippen LogP contribution >= 0.6 is 7.82 Å². The molecule has 9 heteroatoms. The Morgan fingerprint density at radius 1 is 1.44 bits per heavy atom. The van der Waals surface area contributed by atoms with E-state index in [0.717, 1.165) is 0 Å². The van der Waals surface area contributed by atoms with Gasteiger partial charge in [0, 0.05) is 0 Å². The number of hydrogen-bond acceptors (Lipinski definition) is 4. The predicted octanol–water partition coefficient (Wildman–Crippen LogP) is 0.191. The monoisotopic (exact) mass is 254 g/mol. The zero-order chi connectivity index (χ0) is 12.8. The Labute approximate surface area is 90.9 Å². The number of nitrogens with one attached hydrogen (secondary N) is 1. The summed E-state index contributed by atoms with van der Waals surface area (Å²) in [5, 5.41) is 0. The van der Waals surface area contributed by atoms with E-state index in [1.54, 1.807) is 6.07 Å². The van der Waals surface area contributed by atoms with Gasteiger partial charge in [0.05, 0.1) is 12.8 Å². The van der Waals surface area contributed by atoms with Gasteiger partial charge in [0.1, 0.15) is 0 Å². The minimum Gasteiger partial charge on any atom is -0.494 e. The zero-order valence-corrected chi connectivity index (χ0v) is 9.19. The lowest BCUT2D eigenvalue weighted by Crippen LogP contribution is -2.08. The van der Waals surface area contributed by atoms with Crippen molar-refractivity contribution in [2.24, 2.45) is 5.84 Å². The Kier molecular flexibility index (Phi) is 5.94. The van der Waals surface area contributed by atoms with E-state index in [-0.39, 0.29) is 11.4 Å². The Morgan fingerprint density at radius 2 is 1.94 bits per heavy atom. The summed E-state index contributed by atoms with van der Waals surface area (Å²) in [5.41, 5.74) is 2.44. The first-order valence-corrected chi connectivity index (χ1v) is 5.43. The quantitative estimate of drug-likeness (QED) is 0.290. The minimum absolute atomic E-state index is 0.181. The van der Waals surface area contributed by atoms with Crippen LogP contribution in [0.25, 0.3) is 0 Å². The Bertz CT molecular complexity index is 353. The molecular formula is C7H12FN2O5P. The molecule has 0 spiro atoms. The first kappa shape index (κ1) is 14.8. The van der Waals surface area contributed by atoms with Gasteiger partial charge in [-0.1, -0.05) is 6.07 Å². The number of hydrazine groups is 1. The number of halogens is 1. The maximum Gasteiger partial charge on any atom is 0.466 e. The molecule has 92 valence electrons. The van der Waals surface area contributed by atoms with Gasteiger partial charge in [0.2, 0.25) is 0 Å². The van der Waals surface area contributed by atoms with Crippen LogP contribution in [0.2, 0.25) is 0 Å². The van der Waals surface area contributed by atoms with Crippen LogP contribution in [0.1, 0.15) is 0 Å². The lowest BCUT2D eigenvalue weighted by atomic mass is 10.3. The SMILES string of the molecule is COc1cccc(NN)c1F.O=P(O)(O)O. The fourth-order valence-corrected chi connectivity index (χ4v) is 0.780. The summed E-state index contributed by atoms with van der Waals surface area (Å²) in [6.45, 7) is 0. The average Bonchev–Trinajstić information content (AvgIpc) is 2.16. The third-order valence-electron chi connectivity index (χ3n) is 1.34. The van der Waals surface area contributed by atoms with Gasteiger partial charge >= 0.3 is 7.82 Å². The van der Waals surface area contributed by atoms with Crippen molar-refractivity contribution in [1.29, 1.82) is 0 Å². The number of benzene rings is 1. The highest BCUT2D eigenvalue weighted by Gasteiger charge is 2.05. The predicted molar refractivity (Wildman–Crippen MR) is 55.0 cm³/mol. The van der Waals surface area contributed by atoms with Crippen LogP contribution in [0, 0.1) is 5.82 Å². The van der Waals surface area contributed by atoms with Crippen LogP contribution in [0.15, 0.2) is 18.2 Å². The molecule has 16 heavy (non-hydrogen) atoms. The number of anilines is 1. The van der Waals surface area contributed by atoms with Crippen molar-refractivity contribution in [1.82, 2.24) is 0 Å². The molecule has 1 aromatic rings. The molecular weight excluding hydrogens is 242 g/mol. The Hall–Kier alpha value is -1.18. The molecule has 0 aliphatic rings. The Morgan fingerprint density at radius 3 is 2.31 bits per heavy atom. The number of nitrogen functional groups attached to an aromatic ring is 1. The number of methoxy groups -OCH3 is 1. The van der Waals surface area contributed by atoms with E-state index in [1.165, 1.54) is 19.2 Å². The van der Waals surface area contributed by atoms with Crippen molar-refractivity contribution >= 4 is 13.5 Å². The third kappa shape index (κ3) is 6.33. The van der Waals surface area contributed by atoms with E-state index in [2.05, 4.69) is 5.43 Å². The zero-order valence-electron chi connectivity index (χ0n) is 8.29. The molecule has 0 saturated heterocycles. The van der Waals surface area contributed by atoms with Crippen molar-refractivity contribution in [3.63, 3.8) is 0 Å². The number of hydrogen-bond donors (Lipinski definition) is 5. The number of phosphoric acid groups is 1. The third-order valence-corrected chi connectivity index (χ3v) is 1.34. The normalized spacial score (nSPS) is 10.1. The highest BCUT2D eigenvalue weighted by atomic mass is 31.2. The molecule has 0 radical (unpaired) electrons. The summed E-state index contributed by atoms with van der Waals surface area (Å²) < 4.78 is 26.6. The molecule has 0 amide bonds. The van der Waals surface area contributed by atoms with E-state index < -0.39 is 13.6 Å².